The van der Waals surface area contributed by atoms with Crippen molar-refractivity contribution in [2.24, 2.45) is 0 Å². The van der Waals surface area contributed by atoms with Crippen molar-refractivity contribution >= 4 is 23.3 Å². The van der Waals surface area contributed by atoms with E-state index >= 15 is 0 Å². The Morgan fingerprint density at radius 1 is 1.23 bits per heavy atom. The molecule has 30 heavy (non-hydrogen) atoms. The zero-order chi connectivity index (χ0) is 20.7. The van der Waals surface area contributed by atoms with Crippen LogP contribution in [0.5, 0.6) is 0 Å². The second kappa shape index (κ2) is 7.63. The SMILES string of the molecule is CC(O)(C1=Cc2cccnc2C(N2CCNCC2)c2ccc(Cl)cc21)c1cnc[nH]1. The molecule has 2 aliphatic rings. The van der Waals surface area contributed by atoms with E-state index in [1.165, 1.54) is 0 Å². The number of rotatable bonds is 3. The van der Waals surface area contributed by atoms with Crippen molar-refractivity contribution in [2.45, 2.75) is 18.6 Å². The fourth-order valence-electron chi connectivity index (χ4n) is 4.54. The first-order valence-corrected chi connectivity index (χ1v) is 10.6. The van der Waals surface area contributed by atoms with Crippen LogP contribution in [0.25, 0.3) is 11.6 Å². The molecule has 1 aliphatic carbocycles. The maximum Gasteiger partial charge on any atom is 0.129 e. The predicted molar refractivity (Wildman–Crippen MR) is 118 cm³/mol. The van der Waals surface area contributed by atoms with E-state index in [4.69, 9.17) is 16.6 Å². The summed E-state index contributed by atoms with van der Waals surface area (Å²) in [6, 6.07) is 9.94. The highest BCUT2D eigenvalue weighted by Gasteiger charge is 2.38. The minimum atomic E-state index is -1.28. The lowest BCUT2D eigenvalue weighted by Crippen LogP contribution is -2.45. The lowest BCUT2D eigenvalue weighted by atomic mass is 9.84. The molecule has 3 heterocycles. The smallest absolute Gasteiger partial charge is 0.129 e. The number of nitrogens with zero attached hydrogens (tertiary/aromatic N) is 3. The van der Waals surface area contributed by atoms with Gasteiger partial charge in [0, 0.05) is 37.4 Å². The molecule has 0 amide bonds. The Morgan fingerprint density at radius 3 is 2.83 bits per heavy atom. The molecule has 0 bridgehead atoms. The molecule has 3 N–H and O–H groups in total. The molecule has 0 radical (unpaired) electrons. The lowest BCUT2D eigenvalue weighted by Gasteiger charge is -2.36. The number of nitrogens with one attached hydrogen (secondary N) is 2. The molecule has 2 atom stereocenters. The number of aromatic nitrogens is 3. The van der Waals surface area contributed by atoms with Crippen LogP contribution in [-0.4, -0.2) is 51.1 Å². The second-order valence-electron chi connectivity index (χ2n) is 7.99. The molecule has 7 heteroatoms. The predicted octanol–water partition coefficient (Wildman–Crippen LogP) is 3.21. The van der Waals surface area contributed by atoms with Crippen molar-refractivity contribution < 1.29 is 5.11 Å². The van der Waals surface area contributed by atoms with Gasteiger partial charge in [-0.05, 0) is 53.5 Å². The highest BCUT2D eigenvalue weighted by molar-refractivity contribution is 6.30. The molecule has 6 nitrogen and oxygen atoms in total. The van der Waals surface area contributed by atoms with Crippen LogP contribution in [0, 0.1) is 0 Å². The van der Waals surface area contributed by atoms with E-state index in [1.807, 2.05) is 30.5 Å². The lowest BCUT2D eigenvalue weighted by molar-refractivity contribution is 0.118. The van der Waals surface area contributed by atoms with Gasteiger partial charge in [-0.15, -0.1) is 0 Å². The van der Waals surface area contributed by atoms with E-state index < -0.39 is 5.60 Å². The van der Waals surface area contributed by atoms with Gasteiger partial charge >= 0.3 is 0 Å². The number of imidazole rings is 1. The van der Waals surface area contributed by atoms with E-state index in [1.54, 1.807) is 19.4 Å². The van der Waals surface area contributed by atoms with Gasteiger partial charge in [0.15, 0.2) is 0 Å². The highest BCUT2D eigenvalue weighted by Crippen LogP contribution is 2.45. The first kappa shape index (κ1) is 19.5. The Bertz CT molecular complexity index is 1090. The van der Waals surface area contributed by atoms with E-state index in [9.17, 15) is 5.11 Å². The van der Waals surface area contributed by atoms with E-state index in [0.29, 0.717) is 10.7 Å². The third-order valence-electron chi connectivity index (χ3n) is 6.09. The molecule has 0 spiro atoms. The molecular weight excluding hydrogens is 398 g/mol. The molecule has 1 aromatic carbocycles. The Morgan fingerprint density at radius 2 is 2.07 bits per heavy atom. The average molecular weight is 422 g/mol. The van der Waals surface area contributed by atoms with Gasteiger partial charge in [0.05, 0.1) is 30.0 Å². The van der Waals surface area contributed by atoms with Gasteiger partial charge < -0.3 is 15.4 Å². The minimum absolute atomic E-state index is 0.0121. The van der Waals surface area contributed by atoms with Gasteiger partial charge in [0.1, 0.15) is 5.60 Å². The van der Waals surface area contributed by atoms with Gasteiger partial charge in [0.25, 0.3) is 0 Å². The van der Waals surface area contributed by atoms with Crippen molar-refractivity contribution in [1.29, 1.82) is 0 Å². The van der Waals surface area contributed by atoms with Gasteiger partial charge in [0.2, 0.25) is 0 Å². The van der Waals surface area contributed by atoms with Crippen molar-refractivity contribution in [3.8, 4) is 0 Å². The number of aromatic amines is 1. The molecule has 1 saturated heterocycles. The number of benzene rings is 1. The summed E-state index contributed by atoms with van der Waals surface area (Å²) < 4.78 is 0. The number of pyridine rings is 1. The Kier molecular flexibility index (Phi) is 4.95. The first-order chi connectivity index (χ1) is 14.6. The van der Waals surface area contributed by atoms with Crippen LogP contribution in [0.15, 0.2) is 49.1 Å². The molecule has 3 aromatic rings. The number of halogens is 1. The number of H-pyrrole nitrogens is 1. The maximum absolute atomic E-state index is 11.7. The summed E-state index contributed by atoms with van der Waals surface area (Å²) in [5.41, 5.74) is 4.17. The summed E-state index contributed by atoms with van der Waals surface area (Å²) in [5, 5.41) is 15.7. The van der Waals surface area contributed by atoms with Gasteiger partial charge in [-0.25, -0.2) is 4.98 Å². The molecule has 2 unspecified atom stereocenters. The van der Waals surface area contributed by atoms with Crippen LogP contribution in [0.4, 0.5) is 0 Å². The summed E-state index contributed by atoms with van der Waals surface area (Å²) >= 11 is 6.45. The van der Waals surface area contributed by atoms with Crippen LogP contribution >= 0.6 is 11.6 Å². The molecule has 1 aliphatic heterocycles. The van der Waals surface area contributed by atoms with E-state index in [2.05, 4.69) is 32.3 Å². The van der Waals surface area contributed by atoms with Crippen molar-refractivity contribution in [3.05, 3.63) is 82.2 Å². The summed E-state index contributed by atoms with van der Waals surface area (Å²) in [4.78, 5) is 14.4. The zero-order valence-electron chi connectivity index (χ0n) is 16.8. The Hall–Kier alpha value is -2.51. The zero-order valence-corrected chi connectivity index (χ0v) is 17.5. The van der Waals surface area contributed by atoms with Gasteiger partial charge in [-0.2, -0.15) is 0 Å². The number of hydrogen-bond donors (Lipinski definition) is 3. The maximum atomic E-state index is 11.7. The average Bonchev–Trinajstić information content (AvgIpc) is 3.26. The standard InChI is InChI=1S/C23H24ClN5O/c1-23(30,20-13-26-14-28-20)19-11-15-3-2-6-27-21(15)22(29-9-7-25-8-10-29)17-5-4-16(24)12-18(17)19/h2-6,11-14,22,25,30H,7-10H2,1H3,(H,26,28). The van der Waals surface area contributed by atoms with Crippen molar-refractivity contribution in [2.75, 3.05) is 26.2 Å². The Labute approximate surface area is 180 Å². The summed E-state index contributed by atoms with van der Waals surface area (Å²) in [6.45, 7) is 5.52. The molecule has 2 aromatic heterocycles. The molecule has 0 saturated carbocycles. The molecule has 1 fully saturated rings. The number of fused-ring (bicyclic) bond motifs is 2. The third kappa shape index (κ3) is 3.26. The monoisotopic (exact) mass is 421 g/mol. The van der Waals surface area contributed by atoms with Gasteiger partial charge in [-0.3, -0.25) is 9.88 Å². The fourth-order valence-corrected chi connectivity index (χ4v) is 4.71. The Balaban J connectivity index is 1.77. The van der Waals surface area contributed by atoms with Crippen LogP contribution in [0.3, 0.4) is 0 Å². The third-order valence-corrected chi connectivity index (χ3v) is 6.33. The minimum Gasteiger partial charge on any atom is -0.379 e. The number of hydrogen-bond acceptors (Lipinski definition) is 5. The van der Waals surface area contributed by atoms with Crippen molar-refractivity contribution in [3.63, 3.8) is 0 Å². The van der Waals surface area contributed by atoms with Crippen LogP contribution in [0.2, 0.25) is 5.02 Å². The largest absolute Gasteiger partial charge is 0.379 e. The summed E-state index contributed by atoms with van der Waals surface area (Å²) in [6.07, 6.45) is 7.13. The first-order valence-electron chi connectivity index (χ1n) is 10.2. The molecular formula is C23H24ClN5O. The number of piperazine rings is 1. The second-order valence-corrected chi connectivity index (χ2v) is 8.43. The topological polar surface area (TPSA) is 77.1 Å². The van der Waals surface area contributed by atoms with Crippen LogP contribution in [-0.2, 0) is 5.60 Å². The molecule has 5 rings (SSSR count). The highest BCUT2D eigenvalue weighted by atomic mass is 35.5. The van der Waals surface area contributed by atoms with E-state index in [-0.39, 0.29) is 6.04 Å². The van der Waals surface area contributed by atoms with Gasteiger partial charge in [-0.1, -0.05) is 23.7 Å². The molecule has 154 valence electrons. The number of aliphatic hydroxyl groups is 1. The van der Waals surface area contributed by atoms with Crippen LogP contribution in [0.1, 0.15) is 41.0 Å². The van der Waals surface area contributed by atoms with E-state index in [0.717, 1.165) is 54.1 Å². The fraction of sp³-hybridized carbons (Fsp3) is 0.304. The summed E-state index contributed by atoms with van der Waals surface area (Å²) in [7, 11) is 0. The van der Waals surface area contributed by atoms with Crippen LogP contribution < -0.4 is 5.32 Å². The quantitative estimate of drug-likeness (QED) is 0.605. The van der Waals surface area contributed by atoms with Crippen molar-refractivity contribution in [1.82, 2.24) is 25.2 Å². The summed E-state index contributed by atoms with van der Waals surface area (Å²) in [5.74, 6) is 0. The normalized spacial score (nSPS) is 21.2.